The molecule has 0 fully saturated rings. The van der Waals surface area contributed by atoms with Gasteiger partial charge in [-0.2, -0.15) is 10.5 Å². The van der Waals surface area contributed by atoms with E-state index in [4.69, 9.17) is 35.2 Å². The largest absolute Gasteiger partial charge is 0.456 e. The van der Waals surface area contributed by atoms with Crippen molar-refractivity contribution < 1.29 is 19.1 Å². The fraction of sp³-hybridized carbons (Fsp3) is 0.120. The molecule has 0 radical (unpaired) electrons. The van der Waals surface area contributed by atoms with Gasteiger partial charge in [0.1, 0.15) is 46.3 Å². The molecule has 10 nitrogen and oxygen atoms in total. The number of ether oxygens (including phenoxy) is 2. The van der Waals surface area contributed by atoms with Gasteiger partial charge in [-0.3, -0.25) is 9.59 Å². The van der Waals surface area contributed by atoms with E-state index in [-0.39, 0.29) is 60.4 Å². The van der Waals surface area contributed by atoms with Crippen molar-refractivity contribution >= 4 is 55.9 Å². The second-order valence-corrected chi connectivity index (χ2v) is 14.0. The van der Waals surface area contributed by atoms with Gasteiger partial charge in [0.25, 0.3) is 0 Å². The molecular weight excluding hydrogens is 749 g/mol. The number of Topliss-reactive ketones (excluding diaryl/α,β-unsaturated/α-hetero) is 2. The minimum atomic E-state index is -0.691. The van der Waals surface area contributed by atoms with E-state index >= 15 is 0 Å². The lowest BCUT2D eigenvalue weighted by Crippen LogP contribution is -2.09. The molecule has 4 N–H and O–H groups in total. The van der Waals surface area contributed by atoms with Gasteiger partial charge in [-0.15, -0.1) is 25.7 Å². The predicted octanol–water partition coefficient (Wildman–Crippen LogP) is 8.76. The van der Waals surface area contributed by atoms with Crippen LogP contribution in [0.1, 0.15) is 54.8 Å². The molecule has 6 aromatic rings. The molecule has 2 aliphatic carbocycles. The van der Waals surface area contributed by atoms with Gasteiger partial charge >= 0.3 is 0 Å². The second-order valence-electron chi connectivity index (χ2n) is 14.0. The maximum absolute atomic E-state index is 14.2. The summed E-state index contributed by atoms with van der Waals surface area (Å²) in [7, 11) is 0. The van der Waals surface area contributed by atoms with Crippen molar-refractivity contribution in [3.05, 3.63) is 118 Å². The van der Waals surface area contributed by atoms with E-state index in [1.54, 1.807) is 36.4 Å². The third-order valence-corrected chi connectivity index (χ3v) is 10.5. The standard InChI is InChI=1S/C50H32N6O4/c1-5-13-53-33-23-43(55-15-7-3)41(27-51)45(25-33)59-35-11-9-29-19-39-37(21-31(29)17-35)47-48(49(39)57)38-22-32-18-36(12-10-30(32)20-40(38)50(47)58)60-46-26-34(54-14-6-2)24-44(42(46)28-52)56-16-8-4/h1-4,9-12,17-26,47-48,53-56H,13-16H2. The highest BCUT2D eigenvalue weighted by atomic mass is 16.5. The van der Waals surface area contributed by atoms with Gasteiger partial charge in [0.2, 0.25) is 0 Å². The molecule has 286 valence electrons. The molecule has 10 heteroatoms. The highest BCUT2D eigenvalue weighted by Gasteiger charge is 2.51. The number of hydrogen-bond acceptors (Lipinski definition) is 10. The first-order valence-corrected chi connectivity index (χ1v) is 18.7. The Kier molecular flexibility index (Phi) is 10.1. The summed E-state index contributed by atoms with van der Waals surface area (Å²) < 4.78 is 12.6. The van der Waals surface area contributed by atoms with Crippen molar-refractivity contribution in [2.24, 2.45) is 0 Å². The molecule has 0 heterocycles. The Hall–Kier alpha value is -8.80. The molecule has 0 aromatic heterocycles. The van der Waals surface area contributed by atoms with Gasteiger partial charge in [-0.25, -0.2) is 0 Å². The molecule has 0 aliphatic heterocycles. The van der Waals surface area contributed by atoms with Crippen LogP contribution in [-0.2, 0) is 0 Å². The van der Waals surface area contributed by atoms with E-state index in [1.807, 2.05) is 48.5 Å². The number of ketones is 2. The normalized spacial score (nSPS) is 14.2. The molecule has 2 atom stereocenters. The zero-order valence-electron chi connectivity index (χ0n) is 31.9. The maximum atomic E-state index is 14.2. The van der Waals surface area contributed by atoms with Crippen LogP contribution in [0.2, 0.25) is 0 Å². The highest BCUT2D eigenvalue weighted by Crippen LogP contribution is 2.53. The van der Waals surface area contributed by atoms with Crippen LogP contribution < -0.4 is 30.7 Å². The van der Waals surface area contributed by atoms with Crippen LogP contribution in [0.3, 0.4) is 0 Å². The van der Waals surface area contributed by atoms with E-state index < -0.39 is 11.8 Å². The zero-order chi connectivity index (χ0) is 41.9. The average Bonchev–Trinajstić information content (AvgIpc) is 3.70. The van der Waals surface area contributed by atoms with Crippen molar-refractivity contribution in [2.75, 3.05) is 47.4 Å². The van der Waals surface area contributed by atoms with Gasteiger partial charge in [0, 0.05) is 34.6 Å². The molecule has 8 rings (SSSR count). The third-order valence-electron chi connectivity index (χ3n) is 10.5. The summed E-state index contributed by atoms with van der Waals surface area (Å²) in [6.07, 6.45) is 21.9. The lowest BCUT2D eigenvalue weighted by molar-refractivity contribution is 0.0913. The van der Waals surface area contributed by atoms with E-state index in [0.717, 1.165) is 21.5 Å². The number of hydrogen-bond donors (Lipinski definition) is 4. The average molecular weight is 781 g/mol. The van der Waals surface area contributed by atoms with Crippen LogP contribution in [0.15, 0.2) is 84.9 Å². The monoisotopic (exact) mass is 780 g/mol. The van der Waals surface area contributed by atoms with Crippen LogP contribution in [-0.4, -0.2) is 37.7 Å². The Labute approximate surface area is 346 Å². The Morgan fingerprint density at radius 2 is 0.900 bits per heavy atom. The van der Waals surface area contributed by atoms with Crippen LogP contribution in [0.5, 0.6) is 23.0 Å². The summed E-state index contributed by atoms with van der Waals surface area (Å²) in [5, 5.41) is 35.6. The Bertz CT molecular complexity index is 2880. The number of rotatable bonds is 12. The van der Waals surface area contributed by atoms with Crippen molar-refractivity contribution in [3.8, 4) is 84.5 Å². The van der Waals surface area contributed by atoms with E-state index in [2.05, 4.69) is 57.1 Å². The lowest BCUT2D eigenvalue weighted by Gasteiger charge is -2.15. The SMILES string of the molecule is C#CCNc1cc(NCC#C)c(C#N)c(Oc2ccc3cc4c(cc3c2)C2C(=O)c3cc5ccc(Oc6cc(NCC#C)cc(NCC#C)c6C#N)cc5cc3C2C4=O)c1. The summed E-state index contributed by atoms with van der Waals surface area (Å²) in [5.41, 5.74) is 5.08. The second kappa shape index (κ2) is 16.0. The minimum absolute atomic E-state index is 0.125. The smallest absolute Gasteiger partial charge is 0.171 e. The van der Waals surface area contributed by atoms with Gasteiger partial charge in [0.05, 0.1) is 49.4 Å². The first kappa shape index (κ1) is 38.1. The van der Waals surface area contributed by atoms with E-state index in [9.17, 15) is 20.1 Å². The number of terminal acetylenes is 4. The Morgan fingerprint density at radius 3 is 1.28 bits per heavy atom. The number of nitriles is 2. The number of fused-ring (bicyclic) bond motifs is 7. The van der Waals surface area contributed by atoms with Crippen LogP contribution in [0.25, 0.3) is 21.5 Å². The summed E-state index contributed by atoms with van der Waals surface area (Å²) in [6, 6.07) is 29.5. The van der Waals surface area contributed by atoms with E-state index in [0.29, 0.717) is 56.5 Å². The first-order chi connectivity index (χ1) is 29.3. The summed E-state index contributed by atoms with van der Waals surface area (Å²) in [4.78, 5) is 28.4. The number of carbonyl (C=O) groups is 2. The summed E-state index contributed by atoms with van der Waals surface area (Å²) in [6.45, 7) is 0.911. The molecule has 0 spiro atoms. The minimum Gasteiger partial charge on any atom is -0.456 e. The third kappa shape index (κ3) is 6.85. The molecule has 0 saturated heterocycles. The van der Waals surface area contributed by atoms with Gasteiger partial charge < -0.3 is 30.7 Å². The number of benzene rings is 6. The number of anilines is 4. The molecule has 6 aromatic carbocycles. The Balaban J connectivity index is 1.11. The number of nitrogens with one attached hydrogen (secondary N) is 4. The van der Waals surface area contributed by atoms with Crippen LogP contribution >= 0.6 is 0 Å². The molecule has 0 amide bonds. The van der Waals surface area contributed by atoms with Gasteiger partial charge in [-0.05, 0) is 93.3 Å². The molecule has 0 saturated carbocycles. The van der Waals surface area contributed by atoms with Gasteiger partial charge in [0.15, 0.2) is 11.6 Å². The fourth-order valence-corrected chi connectivity index (χ4v) is 7.89. The van der Waals surface area contributed by atoms with Gasteiger partial charge in [-0.1, -0.05) is 35.8 Å². The maximum Gasteiger partial charge on any atom is 0.171 e. The Morgan fingerprint density at radius 1 is 0.500 bits per heavy atom. The summed E-state index contributed by atoms with van der Waals surface area (Å²) in [5.74, 6) is 9.93. The number of nitrogens with zero attached hydrogens (tertiary/aromatic N) is 2. The molecule has 2 aliphatic rings. The molecule has 60 heavy (non-hydrogen) atoms. The predicted molar refractivity (Wildman–Crippen MR) is 234 cm³/mol. The lowest BCUT2D eigenvalue weighted by atomic mass is 9.91. The van der Waals surface area contributed by atoms with Crippen LogP contribution in [0.4, 0.5) is 22.7 Å². The molecular formula is C50H32N6O4. The number of carbonyl (C=O) groups excluding carboxylic acids is 2. The zero-order valence-corrected chi connectivity index (χ0v) is 31.9. The topological polar surface area (TPSA) is 148 Å². The molecule has 2 unspecified atom stereocenters. The van der Waals surface area contributed by atoms with Crippen molar-refractivity contribution in [3.63, 3.8) is 0 Å². The van der Waals surface area contributed by atoms with Crippen molar-refractivity contribution in [1.82, 2.24) is 0 Å². The quantitative estimate of drug-likeness (QED) is 0.0889. The fourth-order valence-electron chi connectivity index (χ4n) is 7.89. The molecule has 0 bridgehead atoms. The summed E-state index contributed by atoms with van der Waals surface area (Å²) >= 11 is 0. The highest BCUT2D eigenvalue weighted by molar-refractivity contribution is 6.22. The van der Waals surface area contributed by atoms with Crippen molar-refractivity contribution in [1.29, 1.82) is 10.5 Å². The van der Waals surface area contributed by atoms with Crippen molar-refractivity contribution in [2.45, 2.75) is 11.8 Å². The first-order valence-electron chi connectivity index (χ1n) is 18.7. The van der Waals surface area contributed by atoms with E-state index in [1.165, 1.54) is 0 Å². The van der Waals surface area contributed by atoms with Crippen LogP contribution in [0, 0.1) is 72.0 Å².